The number of aromatic nitrogens is 2. The van der Waals surface area contributed by atoms with Gasteiger partial charge in [0.05, 0.1) is 11.4 Å². The number of hydrogen-bond donors (Lipinski definition) is 3. The zero-order chi connectivity index (χ0) is 22.2. The summed E-state index contributed by atoms with van der Waals surface area (Å²) in [5.41, 5.74) is 7.71. The second-order valence-corrected chi connectivity index (χ2v) is 8.09. The highest BCUT2D eigenvalue weighted by molar-refractivity contribution is 14.0. The minimum absolute atomic E-state index is 0. The third kappa shape index (κ3) is 6.43. The highest BCUT2D eigenvalue weighted by Gasteiger charge is 2.16. The number of anilines is 1. The molecule has 0 amide bonds. The van der Waals surface area contributed by atoms with Crippen LogP contribution in [0.3, 0.4) is 0 Å². The van der Waals surface area contributed by atoms with E-state index in [0.717, 1.165) is 18.9 Å². The lowest BCUT2D eigenvalue weighted by atomic mass is 10.1. The van der Waals surface area contributed by atoms with Gasteiger partial charge in [-0.15, -0.1) is 35.3 Å². The average molecular weight is 567 g/mol. The van der Waals surface area contributed by atoms with Crippen LogP contribution in [-0.2, 0) is 6.42 Å². The van der Waals surface area contributed by atoms with Crippen LogP contribution in [0.25, 0.3) is 5.69 Å². The summed E-state index contributed by atoms with van der Waals surface area (Å²) >= 11 is 1.75. The summed E-state index contributed by atoms with van der Waals surface area (Å²) in [5.74, 6) is 1.06. The highest BCUT2D eigenvalue weighted by Crippen LogP contribution is 2.22. The van der Waals surface area contributed by atoms with E-state index in [0.29, 0.717) is 35.8 Å². The Balaban J connectivity index is 0.00000363. The van der Waals surface area contributed by atoms with E-state index in [9.17, 15) is 9.65 Å². The van der Waals surface area contributed by atoms with Crippen LogP contribution in [0.15, 0.2) is 46.8 Å². The van der Waals surface area contributed by atoms with Gasteiger partial charge >= 0.3 is 0 Å². The van der Waals surface area contributed by atoms with E-state index in [1.807, 2.05) is 0 Å². The smallest absolute Gasteiger partial charge is 0.190 e. The van der Waals surface area contributed by atoms with Gasteiger partial charge in [0.2, 0.25) is 0 Å². The predicted molar refractivity (Wildman–Crippen MR) is 138 cm³/mol. The van der Waals surface area contributed by atoms with Crippen molar-refractivity contribution < 1.29 is 4.39 Å². The Morgan fingerprint density at radius 3 is 2.69 bits per heavy atom. The Hall–Kier alpha value is -2.65. The molecule has 3 rings (SSSR count). The van der Waals surface area contributed by atoms with Crippen molar-refractivity contribution in [2.45, 2.75) is 25.7 Å². The van der Waals surface area contributed by atoms with Crippen LogP contribution >= 0.6 is 35.3 Å². The topological polar surface area (TPSA) is 104 Å². The highest BCUT2D eigenvalue weighted by atomic mass is 127. The van der Waals surface area contributed by atoms with E-state index in [1.54, 1.807) is 30.5 Å². The molecule has 0 spiro atoms. The number of thiophene rings is 1. The molecule has 0 saturated heterocycles. The molecule has 4 N–H and O–H groups in total. The summed E-state index contributed by atoms with van der Waals surface area (Å²) in [4.78, 5) is 5.59. The number of nitrogens with one attached hydrogen (secondary N) is 2. The van der Waals surface area contributed by atoms with Gasteiger partial charge in [-0.3, -0.25) is 4.99 Å². The Morgan fingerprint density at radius 1 is 1.31 bits per heavy atom. The Kier molecular flexibility index (Phi) is 9.93. The molecule has 1 unspecified atom stereocenters. The fourth-order valence-electron chi connectivity index (χ4n) is 3.16. The SMILES string of the molecule is CN=C(NCCCc1nn(-c2ccc(F)cc2)c(N)c1C#N)NCC(C)c1cccs1.I. The number of nitriles is 1. The van der Waals surface area contributed by atoms with Crippen LogP contribution in [0, 0.1) is 17.1 Å². The first-order valence-electron chi connectivity index (χ1n) is 10.0. The average Bonchev–Trinajstić information content (AvgIpc) is 3.42. The Labute approximate surface area is 208 Å². The van der Waals surface area contributed by atoms with Crippen molar-refractivity contribution in [1.29, 1.82) is 5.26 Å². The predicted octanol–water partition coefficient (Wildman–Crippen LogP) is 4.05. The molecule has 0 aliphatic rings. The van der Waals surface area contributed by atoms with E-state index in [4.69, 9.17) is 5.73 Å². The maximum atomic E-state index is 13.2. The molecule has 2 heterocycles. The number of nitrogen functional groups attached to an aromatic ring is 1. The summed E-state index contributed by atoms with van der Waals surface area (Å²) in [5, 5.41) is 22.7. The standard InChI is InChI=1S/C22H26FN7S.HI/c1-15(20-6-4-12-31-20)14-28-22(26-2)27-11-3-5-19-18(13-24)21(25)30(29-19)17-9-7-16(23)8-10-17;/h4,6-10,12,15H,3,5,11,14,25H2,1-2H3,(H2,26,27,28);1H. The van der Waals surface area contributed by atoms with E-state index >= 15 is 0 Å². The van der Waals surface area contributed by atoms with Gasteiger partial charge in [-0.05, 0) is 48.6 Å². The molecule has 0 aliphatic heterocycles. The quantitative estimate of drug-likeness (QED) is 0.165. The van der Waals surface area contributed by atoms with E-state index in [2.05, 4.69) is 51.2 Å². The molecule has 7 nitrogen and oxygen atoms in total. The lowest BCUT2D eigenvalue weighted by Gasteiger charge is -2.15. The van der Waals surface area contributed by atoms with E-state index in [-0.39, 0.29) is 35.6 Å². The third-order valence-electron chi connectivity index (χ3n) is 4.89. The number of halogens is 2. The third-order valence-corrected chi connectivity index (χ3v) is 5.99. The van der Waals surface area contributed by atoms with Gasteiger partial charge in [0.15, 0.2) is 5.96 Å². The molecule has 1 atom stereocenters. The van der Waals surface area contributed by atoms with Crippen molar-refractivity contribution in [2.75, 3.05) is 25.9 Å². The summed E-state index contributed by atoms with van der Waals surface area (Å²) in [6.45, 7) is 3.63. The molecule has 0 bridgehead atoms. The number of nitrogens with two attached hydrogens (primary N) is 1. The zero-order valence-electron chi connectivity index (χ0n) is 18.0. The number of rotatable bonds is 8. The monoisotopic (exact) mass is 567 g/mol. The van der Waals surface area contributed by atoms with E-state index < -0.39 is 0 Å². The molecule has 0 aliphatic carbocycles. The van der Waals surface area contributed by atoms with Crippen LogP contribution in [-0.4, -0.2) is 35.9 Å². The molecular weight excluding hydrogens is 540 g/mol. The van der Waals surface area contributed by atoms with E-state index in [1.165, 1.54) is 21.7 Å². The Bertz CT molecular complexity index is 1060. The molecule has 0 radical (unpaired) electrons. The molecular formula is C22H27FIN7S. The van der Waals surface area contributed by atoms with Crippen LogP contribution in [0.1, 0.15) is 35.4 Å². The van der Waals surface area contributed by atoms with Crippen molar-refractivity contribution >= 4 is 47.1 Å². The number of hydrogen-bond acceptors (Lipinski definition) is 5. The van der Waals surface area contributed by atoms with Gasteiger partial charge < -0.3 is 16.4 Å². The van der Waals surface area contributed by atoms with Crippen molar-refractivity contribution in [2.24, 2.45) is 4.99 Å². The lowest BCUT2D eigenvalue weighted by molar-refractivity contribution is 0.627. The summed E-state index contributed by atoms with van der Waals surface area (Å²) in [6, 6.07) is 12.2. The van der Waals surface area contributed by atoms with Gasteiger partial charge in [-0.25, -0.2) is 9.07 Å². The first kappa shape index (κ1) is 25.6. The molecule has 2 aromatic heterocycles. The van der Waals surface area contributed by atoms with Crippen molar-refractivity contribution in [3.05, 3.63) is 63.7 Å². The van der Waals surface area contributed by atoms with Crippen LogP contribution in [0.5, 0.6) is 0 Å². The molecule has 170 valence electrons. The minimum atomic E-state index is -0.340. The van der Waals surface area contributed by atoms with Gasteiger partial charge in [-0.2, -0.15) is 10.4 Å². The molecule has 0 saturated carbocycles. The van der Waals surface area contributed by atoms with Gasteiger partial charge in [0, 0.05) is 30.9 Å². The second-order valence-electron chi connectivity index (χ2n) is 7.11. The van der Waals surface area contributed by atoms with Gasteiger partial charge in [0.25, 0.3) is 0 Å². The molecule has 10 heteroatoms. The zero-order valence-corrected chi connectivity index (χ0v) is 21.2. The minimum Gasteiger partial charge on any atom is -0.382 e. The summed E-state index contributed by atoms with van der Waals surface area (Å²) < 4.78 is 14.7. The van der Waals surface area contributed by atoms with Crippen molar-refractivity contribution in [1.82, 2.24) is 20.4 Å². The molecule has 3 aromatic rings. The number of benzene rings is 1. The van der Waals surface area contributed by atoms with Crippen LogP contribution in [0.2, 0.25) is 0 Å². The first-order chi connectivity index (χ1) is 15.0. The number of aryl methyl sites for hydroxylation is 1. The maximum Gasteiger partial charge on any atom is 0.190 e. The normalized spacial score (nSPS) is 12.0. The largest absolute Gasteiger partial charge is 0.382 e. The maximum absolute atomic E-state index is 13.2. The summed E-state index contributed by atoms with van der Waals surface area (Å²) in [6.07, 6.45) is 1.33. The number of aliphatic imine (C=N–C) groups is 1. The first-order valence-corrected chi connectivity index (χ1v) is 10.9. The second kappa shape index (κ2) is 12.4. The number of guanidine groups is 1. The fraction of sp³-hybridized carbons (Fsp3) is 0.318. The van der Waals surface area contributed by atoms with Crippen LogP contribution < -0.4 is 16.4 Å². The number of nitrogens with zero attached hydrogens (tertiary/aromatic N) is 4. The lowest BCUT2D eigenvalue weighted by Crippen LogP contribution is -2.39. The van der Waals surface area contributed by atoms with Gasteiger partial charge in [0.1, 0.15) is 23.3 Å². The molecule has 1 aromatic carbocycles. The Morgan fingerprint density at radius 2 is 2.06 bits per heavy atom. The summed E-state index contributed by atoms with van der Waals surface area (Å²) in [7, 11) is 1.74. The van der Waals surface area contributed by atoms with Crippen molar-refractivity contribution in [3.8, 4) is 11.8 Å². The fourth-order valence-corrected chi connectivity index (χ4v) is 3.95. The van der Waals surface area contributed by atoms with Gasteiger partial charge in [-0.1, -0.05) is 13.0 Å². The molecule has 0 fully saturated rings. The van der Waals surface area contributed by atoms with Crippen molar-refractivity contribution in [3.63, 3.8) is 0 Å². The molecule has 32 heavy (non-hydrogen) atoms. The van der Waals surface area contributed by atoms with Crippen LogP contribution in [0.4, 0.5) is 10.2 Å².